The van der Waals surface area contributed by atoms with Crippen molar-refractivity contribution in [1.29, 1.82) is 0 Å². The summed E-state index contributed by atoms with van der Waals surface area (Å²) in [5.41, 5.74) is 10.5. The molecule has 0 bridgehead atoms. The molecule has 0 aliphatic heterocycles. The summed E-state index contributed by atoms with van der Waals surface area (Å²) in [5.74, 6) is 0. The quantitative estimate of drug-likeness (QED) is 0.662. The van der Waals surface area contributed by atoms with Crippen LogP contribution in [-0.2, 0) is 0 Å². The number of benzene rings is 2. The van der Waals surface area contributed by atoms with Gasteiger partial charge in [-0.15, -0.1) is 0 Å². The van der Waals surface area contributed by atoms with Crippen LogP contribution in [0.4, 0.5) is 5.69 Å². The van der Waals surface area contributed by atoms with Gasteiger partial charge in [0.1, 0.15) is 0 Å². The lowest BCUT2D eigenvalue weighted by atomic mass is 10.0. The molecule has 1 aromatic heterocycles. The smallest absolute Gasteiger partial charge is 0.263 e. The molecule has 22 heavy (non-hydrogen) atoms. The van der Waals surface area contributed by atoms with Crippen molar-refractivity contribution in [2.75, 3.05) is 5.73 Å². The molecule has 0 radical (unpaired) electrons. The third-order valence-corrected chi connectivity index (χ3v) is 5.10. The first-order valence-electron chi connectivity index (χ1n) is 7.08. The number of aromatic nitrogens is 1. The fourth-order valence-corrected chi connectivity index (χ4v) is 3.18. The van der Waals surface area contributed by atoms with Crippen molar-refractivity contribution in [3.8, 4) is 5.69 Å². The molecule has 3 aromatic rings. The van der Waals surface area contributed by atoms with E-state index < -0.39 is 0 Å². The van der Waals surface area contributed by atoms with Crippen LogP contribution in [0.25, 0.3) is 16.5 Å². The number of fused-ring (bicyclic) bond motifs is 1. The highest BCUT2D eigenvalue weighted by atomic mass is 79.9. The molecule has 0 saturated carbocycles. The number of rotatable bonds is 1. The van der Waals surface area contributed by atoms with Gasteiger partial charge >= 0.3 is 0 Å². The van der Waals surface area contributed by atoms with E-state index in [1.165, 1.54) is 0 Å². The molecule has 2 N–H and O–H groups in total. The minimum absolute atomic E-state index is 0.0145. The van der Waals surface area contributed by atoms with Gasteiger partial charge in [0.2, 0.25) is 0 Å². The molecule has 2 aromatic carbocycles. The second kappa shape index (κ2) is 5.29. The SMILES string of the molecule is Cc1c(Br)cccc1-n1c(C)c(C)c2cc(N)ccc2c1=O. The highest BCUT2D eigenvalue weighted by Gasteiger charge is 2.14. The standard InChI is InChI=1S/C18H17BrN2O/c1-10-12(3)21(17-6-4-5-16(19)11(17)2)18(22)14-8-7-13(20)9-15(10)14/h4-9H,20H2,1-3H3. The molecule has 1 heterocycles. The van der Waals surface area contributed by atoms with Gasteiger partial charge in [-0.2, -0.15) is 0 Å². The van der Waals surface area contributed by atoms with Crippen LogP contribution in [0, 0.1) is 20.8 Å². The lowest BCUT2D eigenvalue weighted by molar-refractivity contribution is 0.925. The largest absolute Gasteiger partial charge is 0.399 e. The first-order valence-corrected chi connectivity index (χ1v) is 7.88. The fourth-order valence-electron chi connectivity index (χ4n) is 2.82. The predicted molar refractivity (Wildman–Crippen MR) is 95.9 cm³/mol. The third-order valence-electron chi connectivity index (χ3n) is 4.24. The van der Waals surface area contributed by atoms with Gasteiger partial charge in [-0.1, -0.05) is 22.0 Å². The molecule has 4 heteroatoms. The molecule has 3 nitrogen and oxygen atoms in total. The number of nitrogen functional groups attached to an aromatic ring is 1. The van der Waals surface area contributed by atoms with E-state index in [1.54, 1.807) is 10.6 Å². The maximum atomic E-state index is 13.0. The molecule has 0 fully saturated rings. The number of anilines is 1. The number of nitrogens with zero attached hydrogens (tertiary/aromatic N) is 1. The minimum Gasteiger partial charge on any atom is -0.399 e. The molecule has 0 saturated heterocycles. The molecular formula is C18H17BrN2O. The van der Waals surface area contributed by atoms with Crippen LogP contribution in [0.2, 0.25) is 0 Å². The first kappa shape index (κ1) is 14.9. The molecule has 0 aliphatic carbocycles. The Morgan fingerprint density at radius 1 is 1.00 bits per heavy atom. The van der Waals surface area contributed by atoms with Gasteiger partial charge in [-0.05, 0) is 67.6 Å². The zero-order valence-corrected chi connectivity index (χ0v) is 14.4. The second-order valence-electron chi connectivity index (χ2n) is 5.54. The Kier molecular flexibility index (Phi) is 3.57. The van der Waals surface area contributed by atoms with Crippen molar-refractivity contribution < 1.29 is 0 Å². The van der Waals surface area contributed by atoms with Crippen LogP contribution in [0.15, 0.2) is 45.7 Å². The summed E-state index contributed by atoms with van der Waals surface area (Å²) in [6, 6.07) is 11.3. The lowest BCUT2D eigenvalue weighted by Crippen LogP contribution is -2.23. The number of aryl methyl sites for hydroxylation is 1. The maximum absolute atomic E-state index is 13.0. The number of nitrogens with two attached hydrogens (primary N) is 1. The molecule has 0 unspecified atom stereocenters. The van der Waals surface area contributed by atoms with E-state index in [0.717, 1.165) is 32.4 Å². The Morgan fingerprint density at radius 2 is 1.73 bits per heavy atom. The summed E-state index contributed by atoms with van der Waals surface area (Å²) in [4.78, 5) is 13.0. The van der Waals surface area contributed by atoms with Crippen LogP contribution >= 0.6 is 15.9 Å². The second-order valence-corrected chi connectivity index (χ2v) is 6.39. The van der Waals surface area contributed by atoms with Crippen molar-refractivity contribution in [2.45, 2.75) is 20.8 Å². The maximum Gasteiger partial charge on any atom is 0.263 e. The Hall–Kier alpha value is -2.07. The van der Waals surface area contributed by atoms with Crippen LogP contribution in [0.3, 0.4) is 0 Å². The van der Waals surface area contributed by atoms with Crippen molar-refractivity contribution in [3.05, 3.63) is 68.0 Å². The van der Waals surface area contributed by atoms with Crippen LogP contribution in [0.5, 0.6) is 0 Å². The van der Waals surface area contributed by atoms with Crippen LogP contribution in [-0.4, -0.2) is 4.57 Å². The highest BCUT2D eigenvalue weighted by molar-refractivity contribution is 9.10. The molecule has 112 valence electrons. The van der Waals surface area contributed by atoms with E-state index in [2.05, 4.69) is 15.9 Å². The third kappa shape index (κ3) is 2.15. The predicted octanol–water partition coefficient (Wildman–Crippen LogP) is 4.26. The summed E-state index contributed by atoms with van der Waals surface area (Å²) in [6.45, 7) is 6.01. The van der Waals surface area contributed by atoms with Crippen molar-refractivity contribution in [3.63, 3.8) is 0 Å². The number of hydrogen-bond donors (Lipinski definition) is 1. The van der Waals surface area contributed by atoms with Gasteiger partial charge in [0.15, 0.2) is 0 Å². The molecule has 0 amide bonds. The normalized spacial score (nSPS) is 11.1. The van der Waals surface area contributed by atoms with E-state index in [9.17, 15) is 4.79 Å². The van der Waals surface area contributed by atoms with Gasteiger partial charge in [0.05, 0.1) is 5.69 Å². The van der Waals surface area contributed by atoms with E-state index in [1.807, 2.05) is 51.1 Å². The summed E-state index contributed by atoms with van der Waals surface area (Å²) in [6.07, 6.45) is 0. The van der Waals surface area contributed by atoms with E-state index in [4.69, 9.17) is 5.73 Å². The monoisotopic (exact) mass is 356 g/mol. The fraction of sp³-hybridized carbons (Fsp3) is 0.167. The Balaban J connectivity index is 2.48. The minimum atomic E-state index is -0.0145. The zero-order valence-electron chi connectivity index (χ0n) is 12.8. The van der Waals surface area contributed by atoms with Crippen LogP contribution in [0.1, 0.15) is 16.8 Å². The summed E-state index contributed by atoms with van der Waals surface area (Å²) >= 11 is 3.54. The van der Waals surface area contributed by atoms with Gasteiger partial charge in [0, 0.05) is 21.2 Å². The number of pyridine rings is 1. The van der Waals surface area contributed by atoms with Crippen LogP contribution < -0.4 is 11.3 Å². The Morgan fingerprint density at radius 3 is 2.45 bits per heavy atom. The van der Waals surface area contributed by atoms with Crippen molar-refractivity contribution in [2.24, 2.45) is 0 Å². The van der Waals surface area contributed by atoms with E-state index in [-0.39, 0.29) is 5.56 Å². The molecule has 3 rings (SSSR count). The van der Waals surface area contributed by atoms with Gasteiger partial charge in [0.25, 0.3) is 5.56 Å². The van der Waals surface area contributed by atoms with Gasteiger partial charge in [-0.3, -0.25) is 9.36 Å². The van der Waals surface area contributed by atoms with Gasteiger partial charge < -0.3 is 5.73 Å². The summed E-state index contributed by atoms with van der Waals surface area (Å²) in [7, 11) is 0. The summed E-state index contributed by atoms with van der Waals surface area (Å²) in [5, 5.41) is 1.61. The molecule has 0 atom stereocenters. The Labute approximate surface area is 137 Å². The van der Waals surface area contributed by atoms with Crippen molar-refractivity contribution in [1.82, 2.24) is 4.57 Å². The average Bonchev–Trinajstić information content (AvgIpc) is 2.49. The van der Waals surface area contributed by atoms with Crippen molar-refractivity contribution >= 4 is 32.4 Å². The molecule has 0 spiro atoms. The number of halogens is 1. The average molecular weight is 357 g/mol. The highest BCUT2D eigenvalue weighted by Crippen LogP contribution is 2.26. The molecular weight excluding hydrogens is 340 g/mol. The lowest BCUT2D eigenvalue weighted by Gasteiger charge is -2.17. The first-order chi connectivity index (χ1) is 10.4. The zero-order chi connectivity index (χ0) is 16.0. The Bertz CT molecular complexity index is 957. The molecule has 0 aliphatic rings. The van der Waals surface area contributed by atoms with E-state index in [0.29, 0.717) is 11.1 Å². The number of hydrogen-bond acceptors (Lipinski definition) is 2. The van der Waals surface area contributed by atoms with Gasteiger partial charge in [-0.25, -0.2) is 0 Å². The topological polar surface area (TPSA) is 48.0 Å². The summed E-state index contributed by atoms with van der Waals surface area (Å²) < 4.78 is 2.78. The van der Waals surface area contributed by atoms with E-state index >= 15 is 0 Å².